The molecule has 0 bridgehead atoms. The fraction of sp³-hybridized carbons (Fsp3) is 0.438. The third kappa shape index (κ3) is 2.55. The highest BCUT2D eigenvalue weighted by atomic mass is 19.1. The van der Waals surface area contributed by atoms with E-state index in [1.54, 1.807) is 13.0 Å². The maximum Gasteiger partial charge on any atom is 0.207 e. The third-order valence-electron chi connectivity index (χ3n) is 3.98. The summed E-state index contributed by atoms with van der Waals surface area (Å²) >= 11 is 0. The Labute approximate surface area is 118 Å². The summed E-state index contributed by atoms with van der Waals surface area (Å²) in [5, 5.41) is 3.32. The Bertz CT molecular complexity index is 612. The molecule has 0 amide bonds. The van der Waals surface area contributed by atoms with E-state index in [1.165, 1.54) is 31.7 Å². The molecule has 0 radical (unpaired) electrons. The highest BCUT2D eigenvalue weighted by molar-refractivity contribution is 5.55. The normalized spacial score (nSPS) is 15.8. The van der Waals surface area contributed by atoms with Crippen molar-refractivity contribution in [2.75, 3.05) is 5.32 Å². The second-order valence-corrected chi connectivity index (χ2v) is 5.64. The average molecular weight is 273 g/mol. The van der Waals surface area contributed by atoms with Gasteiger partial charge in [0.1, 0.15) is 5.82 Å². The molecule has 0 spiro atoms. The summed E-state index contributed by atoms with van der Waals surface area (Å²) in [5.74, 6) is 0.686. The molecular weight excluding hydrogens is 253 g/mol. The van der Waals surface area contributed by atoms with Gasteiger partial charge < -0.3 is 9.88 Å². The monoisotopic (exact) mass is 273 g/mol. The van der Waals surface area contributed by atoms with Crippen LogP contribution < -0.4 is 5.32 Å². The van der Waals surface area contributed by atoms with Crippen molar-refractivity contribution >= 4 is 11.6 Å². The van der Waals surface area contributed by atoms with Crippen molar-refractivity contribution in [3.63, 3.8) is 0 Å². The first-order chi connectivity index (χ1) is 9.63. The van der Waals surface area contributed by atoms with Gasteiger partial charge in [-0.1, -0.05) is 12.8 Å². The number of aromatic nitrogens is 2. The molecule has 1 heterocycles. The van der Waals surface area contributed by atoms with Crippen LogP contribution in [0.2, 0.25) is 0 Å². The van der Waals surface area contributed by atoms with E-state index in [0.29, 0.717) is 11.6 Å². The molecule has 1 aromatic carbocycles. The smallest absolute Gasteiger partial charge is 0.207 e. The summed E-state index contributed by atoms with van der Waals surface area (Å²) in [4.78, 5) is 4.56. The molecule has 1 saturated carbocycles. The molecule has 3 rings (SSSR count). The second-order valence-electron chi connectivity index (χ2n) is 5.64. The van der Waals surface area contributed by atoms with Crippen LogP contribution in [0.25, 0.3) is 0 Å². The fourth-order valence-electron chi connectivity index (χ4n) is 2.92. The van der Waals surface area contributed by atoms with Gasteiger partial charge in [-0.3, -0.25) is 0 Å². The Morgan fingerprint density at radius 2 is 2.00 bits per heavy atom. The number of rotatable bonds is 3. The van der Waals surface area contributed by atoms with Crippen molar-refractivity contribution in [3.8, 4) is 0 Å². The van der Waals surface area contributed by atoms with Crippen LogP contribution in [-0.2, 0) is 0 Å². The molecule has 1 aliphatic carbocycles. The first-order valence-corrected chi connectivity index (χ1v) is 7.22. The summed E-state index contributed by atoms with van der Waals surface area (Å²) in [6.45, 7) is 3.78. The maximum atomic E-state index is 13.3. The van der Waals surface area contributed by atoms with Gasteiger partial charge in [-0.2, -0.15) is 0 Å². The molecule has 0 unspecified atom stereocenters. The van der Waals surface area contributed by atoms with Crippen LogP contribution in [0.15, 0.2) is 24.4 Å². The minimum Gasteiger partial charge on any atom is -0.326 e. The lowest BCUT2D eigenvalue weighted by Crippen LogP contribution is -2.08. The molecule has 1 aliphatic rings. The SMILES string of the molecule is Cc1cn(C2CCCC2)c(Nc2ccc(F)c(C)c2)n1. The van der Waals surface area contributed by atoms with Crippen molar-refractivity contribution in [2.24, 2.45) is 0 Å². The Morgan fingerprint density at radius 1 is 1.25 bits per heavy atom. The van der Waals surface area contributed by atoms with E-state index in [-0.39, 0.29) is 5.82 Å². The molecule has 3 nitrogen and oxygen atoms in total. The number of hydrogen-bond donors (Lipinski definition) is 1. The Balaban J connectivity index is 1.87. The Kier molecular flexibility index (Phi) is 3.47. The van der Waals surface area contributed by atoms with E-state index in [1.807, 2.05) is 13.0 Å². The topological polar surface area (TPSA) is 29.9 Å². The first kappa shape index (κ1) is 13.2. The molecule has 20 heavy (non-hydrogen) atoms. The standard InChI is InChI=1S/C16H20FN3/c1-11-9-13(7-8-15(11)17)19-16-18-12(2)10-20(16)14-5-3-4-6-14/h7-10,14H,3-6H2,1-2H3,(H,18,19). The molecule has 1 fully saturated rings. The number of imidazole rings is 1. The number of nitrogens with zero attached hydrogens (tertiary/aromatic N) is 2. The summed E-state index contributed by atoms with van der Waals surface area (Å²) < 4.78 is 15.6. The van der Waals surface area contributed by atoms with Gasteiger partial charge in [0.2, 0.25) is 5.95 Å². The molecule has 106 valence electrons. The second kappa shape index (κ2) is 5.27. The van der Waals surface area contributed by atoms with Gasteiger partial charge >= 0.3 is 0 Å². The fourth-order valence-corrected chi connectivity index (χ4v) is 2.92. The molecule has 2 aromatic rings. The highest BCUT2D eigenvalue weighted by Crippen LogP contribution is 2.33. The van der Waals surface area contributed by atoms with Crippen LogP contribution in [0.5, 0.6) is 0 Å². The van der Waals surface area contributed by atoms with Crippen molar-refractivity contribution in [2.45, 2.75) is 45.6 Å². The van der Waals surface area contributed by atoms with E-state index in [0.717, 1.165) is 17.3 Å². The number of benzene rings is 1. The summed E-state index contributed by atoms with van der Waals surface area (Å²) in [6, 6.07) is 5.61. The lowest BCUT2D eigenvalue weighted by Gasteiger charge is -2.16. The van der Waals surface area contributed by atoms with Crippen molar-refractivity contribution in [1.82, 2.24) is 9.55 Å². The van der Waals surface area contributed by atoms with Gasteiger partial charge in [0.15, 0.2) is 0 Å². The van der Waals surface area contributed by atoms with Gasteiger partial charge in [-0.05, 0) is 50.5 Å². The van der Waals surface area contributed by atoms with Crippen molar-refractivity contribution < 1.29 is 4.39 Å². The zero-order chi connectivity index (χ0) is 14.1. The number of anilines is 2. The third-order valence-corrected chi connectivity index (χ3v) is 3.98. The van der Waals surface area contributed by atoms with E-state index >= 15 is 0 Å². The summed E-state index contributed by atoms with van der Waals surface area (Å²) in [7, 11) is 0. The molecule has 0 atom stereocenters. The minimum absolute atomic E-state index is 0.175. The molecular formula is C16H20FN3. The minimum atomic E-state index is -0.175. The van der Waals surface area contributed by atoms with Crippen molar-refractivity contribution in [3.05, 3.63) is 41.5 Å². The van der Waals surface area contributed by atoms with E-state index < -0.39 is 0 Å². The number of aryl methyl sites for hydroxylation is 2. The number of nitrogens with one attached hydrogen (secondary N) is 1. The van der Waals surface area contributed by atoms with E-state index in [2.05, 4.69) is 21.1 Å². The predicted octanol–water partition coefficient (Wildman–Crippen LogP) is 4.50. The zero-order valence-electron chi connectivity index (χ0n) is 12.0. The van der Waals surface area contributed by atoms with Gasteiger partial charge in [0.25, 0.3) is 0 Å². The van der Waals surface area contributed by atoms with E-state index in [9.17, 15) is 4.39 Å². The quantitative estimate of drug-likeness (QED) is 0.892. The van der Waals surface area contributed by atoms with Gasteiger partial charge in [0, 0.05) is 17.9 Å². The Hall–Kier alpha value is -1.84. The van der Waals surface area contributed by atoms with Crippen LogP contribution in [-0.4, -0.2) is 9.55 Å². The summed E-state index contributed by atoms with van der Waals surface area (Å²) in [5.41, 5.74) is 2.54. The van der Waals surface area contributed by atoms with Gasteiger partial charge in [-0.25, -0.2) is 9.37 Å². The maximum absolute atomic E-state index is 13.3. The molecule has 0 aliphatic heterocycles. The molecule has 1 aromatic heterocycles. The number of halogens is 1. The lowest BCUT2D eigenvalue weighted by molar-refractivity contribution is 0.524. The average Bonchev–Trinajstić information content (AvgIpc) is 3.03. The van der Waals surface area contributed by atoms with Crippen LogP contribution in [0, 0.1) is 19.7 Å². The predicted molar refractivity (Wildman–Crippen MR) is 78.9 cm³/mol. The largest absolute Gasteiger partial charge is 0.326 e. The highest BCUT2D eigenvalue weighted by Gasteiger charge is 2.20. The first-order valence-electron chi connectivity index (χ1n) is 7.22. The Morgan fingerprint density at radius 3 is 2.70 bits per heavy atom. The van der Waals surface area contributed by atoms with Gasteiger partial charge in [0.05, 0.1) is 5.69 Å². The molecule has 4 heteroatoms. The molecule has 1 N–H and O–H groups in total. The van der Waals surface area contributed by atoms with Crippen LogP contribution in [0.4, 0.5) is 16.0 Å². The number of hydrogen-bond acceptors (Lipinski definition) is 2. The lowest BCUT2D eigenvalue weighted by atomic mass is 10.2. The van der Waals surface area contributed by atoms with Gasteiger partial charge in [-0.15, -0.1) is 0 Å². The van der Waals surface area contributed by atoms with Crippen LogP contribution in [0.3, 0.4) is 0 Å². The van der Waals surface area contributed by atoms with Crippen LogP contribution >= 0.6 is 0 Å². The van der Waals surface area contributed by atoms with Crippen LogP contribution in [0.1, 0.15) is 43.0 Å². The summed E-state index contributed by atoms with van der Waals surface area (Å²) in [6.07, 6.45) is 7.11. The van der Waals surface area contributed by atoms with E-state index in [4.69, 9.17) is 0 Å². The van der Waals surface area contributed by atoms with Crippen molar-refractivity contribution in [1.29, 1.82) is 0 Å². The molecule has 0 saturated heterocycles. The zero-order valence-corrected chi connectivity index (χ0v) is 12.0.